The Morgan fingerprint density at radius 3 is 2.85 bits per heavy atom. The molecule has 3 aromatic rings. The van der Waals surface area contributed by atoms with Gasteiger partial charge in [0.2, 0.25) is 5.91 Å². The van der Waals surface area contributed by atoms with Crippen LogP contribution in [-0.4, -0.2) is 43.5 Å². The van der Waals surface area contributed by atoms with Gasteiger partial charge in [0.15, 0.2) is 11.0 Å². The van der Waals surface area contributed by atoms with Gasteiger partial charge in [0, 0.05) is 24.6 Å². The monoisotopic (exact) mass is 404 g/mol. The van der Waals surface area contributed by atoms with Gasteiger partial charge >= 0.3 is 0 Å². The maximum atomic E-state index is 12.2. The van der Waals surface area contributed by atoms with Crippen molar-refractivity contribution in [2.75, 3.05) is 18.2 Å². The summed E-state index contributed by atoms with van der Waals surface area (Å²) in [7, 11) is 1.54. The molecule has 0 atom stereocenters. The first-order chi connectivity index (χ1) is 13.1. The molecule has 2 heterocycles. The molecule has 27 heavy (non-hydrogen) atoms. The summed E-state index contributed by atoms with van der Waals surface area (Å²) in [5.41, 5.74) is 1.24. The molecular weight excluding hydrogens is 388 g/mol. The predicted molar refractivity (Wildman–Crippen MR) is 104 cm³/mol. The summed E-state index contributed by atoms with van der Waals surface area (Å²) in [5.74, 6) is 1.18. The molecule has 1 N–H and O–H groups in total. The number of ether oxygens (including phenoxy) is 1. The summed E-state index contributed by atoms with van der Waals surface area (Å²) in [4.78, 5) is 20.5. The van der Waals surface area contributed by atoms with Gasteiger partial charge in [0.25, 0.3) is 0 Å². The van der Waals surface area contributed by atoms with Crippen molar-refractivity contribution >= 4 is 35.0 Å². The molecule has 0 saturated heterocycles. The van der Waals surface area contributed by atoms with Crippen LogP contribution in [0.3, 0.4) is 0 Å². The van der Waals surface area contributed by atoms with E-state index in [1.165, 1.54) is 18.9 Å². The van der Waals surface area contributed by atoms with E-state index in [1.807, 2.05) is 11.5 Å². The van der Waals surface area contributed by atoms with E-state index in [9.17, 15) is 4.79 Å². The summed E-state index contributed by atoms with van der Waals surface area (Å²) < 4.78 is 6.99. The Morgan fingerprint density at radius 2 is 2.19 bits per heavy atom. The molecule has 0 radical (unpaired) electrons. The van der Waals surface area contributed by atoms with Gasteiger partial charge in [-0.05, 0) is 25.1 Å². The molecule has 0 bridgehead atoms. The number of anilines is 1. The van der Waals surface area contributed by atoms with Gasteiger partial charge in [-0.1, -0.05) is 23.4 Å². The molecule has 0 aliphatic carbocycles. The Hall–Kier alpha value is -2.65. The van der Waals surface area contributed by atoms with Gasteiger partial charge < -0.3 is 14.6 Å². The van der Waals surface area contributed by atoms with E-state index in [1.54, 1.807) is 36.8 Å². The molecule has 1 aromatic carbocycles. The second kappa shape index (κ2) is 8.83. The van der Waals surface area contributed by atoms with Crippen molar-refractivity contribution in [3.63, 3.8) is 0 Å². The van der Waals surface area contributed by atoms with Crippen molar-refractivity contribution in [3.8, 4) is 17.3 Å². The van der Waals surface area contributed by atoms with Crippen LogP contribution in [-0.2, 0) is 11.3 Å². The molecule has 0 saturated carbocycles. The maximum absolute atomic E-state index is 12.2. The van der Waals surface area contributed by atoms with E-state index in [0.717, 1.165) is 0 Å². The summed E-state index contributed by atoms with van der Waals surface area (Å²) in [6.07, 6.45) is 4.83. The van der Waals surface area contributed by atoms with E-state index in [4.69, 9.17) is 16.3 Å². The van der Waals surface area contributed by atoms with Crippen LogP contribution in [0, 0.1) is 0 Å². The third-order valence-electron chi connectivity index (χ3n) is 3.59. The van der Waals surface area contributed by atoms with Crippen molar-refractivity contribution in [2.24, 2.45) is 0 Å². The van der Waals surface area contributed by atoms with Crippen LogP contribution in [0.25, 0.3) is 11.5 Å². The molecule has 3 rings (SSSR count). The standard InChI is InChI=1S/C17H17ClN6O2S/c1-3-24-16(13-9-19-6-7-20-13)22-23-17(24)27-10-15(25)21-11-4-5-14(26-2)12(18)8-11/h4-9H,3,10H2,1-2H3,(H,21,25). The number of hydrogen-bond acceptors (Lipinski definition) is 7. The number of benzene rings is 1. The van der Waals surface area contributed by atoms with Crippen LogP contribution < -0.4 is 10.1 Å². The highest BCUT2D eigenvalue weighted by atomic mass is 35.5. The highest BCUT2D eigenvalue weighted by Crippen LogP contribution is 2.27. The highest BCUT2D eigenvalue weighted by Gasteiger charge is 2.15. The Morgan fingerprint density at radius 1 is 1.33 bits per heavy atom. The van der Waals surface area contributed by atoms with Crippen LogP contribution in [0.2, 0.25) is 5.02 Å². The van der Waals surface area contributed by atoms with E-state index < -0.39 is 0 Å². The van der Waals surface area contributed by atoms with Gasteiger partial charge in [0.1, 0.15) is 11.4 Å². The van der Waals surface area contributed by atoms with E-state index in [2.05, 4.69) is 25.5 Å². The van der Waals surface area contributed by atoms with Crippen molar-refractivity contribution in [1.29, 1.82) is 0 Å². The largest absolute Gasteiger partial charge is 0.495 e. The number of carbonyl (C=O) groups is 1. The third-order valence-corrected chi connectivity index (χ3v) is 4.86. The summed E-state index contributed by atoms with van der Waals surface area (Å²) in [5, 5.41) is 12.2. The maximum Gasteiger partial charge on any atom is 0.234 e. The Labute approximate surface area is 165 Å². The first-order valence-corrected chi connectivity index (χ1v) is 9.44. The minimum Gasteiger partial charge on any atom is -0.495 e. The zero-order chi connectivity index (χ0) is 19.2. The van der Waals surface area contributed by atoms with Gasteiger partial charge in [-0.15, -0.1) is 10.2 Å². The molecule has 0 aliphatic rings. The number of halogens is 1. The Bertz CT molecular complexity index is 934. The molecule has 0 unspecified atom stereocenters. The van der Waals surface area contributed by atoms with Crippen LogP contribution in [0.1, 0.15) is 6.92 Å². The average molecular weight is 405 g/mol. The fraction of sp³-hybridized carbons (Fsp3) is 0.235. The predicted octanol–water partition coefficient (Wildman–Crippen LogP) is 3.15. The molecule has 2 aromatic heterocycles. The molecular formula is C17H17ClN6O2S. The highest BCUT2D eigenvalue weighted by molar-refractivity contribution is 7.99. The zero-order valence-electron chi connectivity index (χ0n) is 14.7. The normalized spacial score (nSPS) is 10.6. The second-order valence-electron chi connectivity index (χ2n) is 5.33. The number of carbonyl (C=O) groups excluding carboxylic acids is 1. The molecule has 1 amide bonds. The van der Waals surface area contributed by atoms with Crippen molar-refractivity contribution < 1.29 is 9.53 Å². The van der Waals surface area contributed by atoms with Crippen LogP contribution in [0.4, 0.5) is 5.69 Å². The molecule has 0 fully saturated rings. The smallest absolute Gasteiger partial charge is 0.234 e. The lowest BCUT2D eigenvalue weighted by molar-refractivity contribution is -0.113. The van der Waals surface area contributed by atoms with Gasteiger partial charge in [-0.3, -0.25) is 9.78 Å². The number of rotatable bonds is 7. The second-order valence-corrected chi connectivity index (χ2v) is 6.68. The van der Waals surface area contributed by atoms with E-state index >= 15 is 0 Å². The number of nitrogens with one attached hydrogen (secondary N) is 1. The van der Waals surface area contributed by atoms with Gasteiger partial charge in [0.05, 0.1) is 24.1 Å². The first kappa shape index (κ1) is 19.1. The van der Waals surface area contributed by atoms with Crippen molar-refractivity contribution in [3.05, 3.63) is 41.8 Å². The Kier molecular flexibility index (Phi) is 6.25. The quantitative estimate of drug-likeness (QED) is 0.604. The number of thioether (sulfide) groups is 1. The molecule has 140 valence electrons. The Balaban J connectivity index is 1.65. The number of aromatic nitrogens is 5. The van der Waals surface area contributed by atoms with E-state index in [-0.39, 0.29) is 11.7 Å². The van der Waals surface area contributed by atoms with E-state index in [0.29, 0.717) is 39.7 Å². The first-order valence-electron chi connectivity index (χ1n) is 8.08. The van der Waals surface area contributed by atoms with Gasteiger partial charge in [-0.2, -0.15) is 0 Å². The summed E-state index contributed by atoms with van der Waals surface area (Å²) >= 11 is 7.37. The minimum absolute atomic E-state index is 0.173. The minimum atomic E-state index is -0.173. The molecule has 0 aliphatic heterocycles. The lowest BCUT2D eigenvalue weighted by atomic mass is 10.3. The van der Waals surface area contributed by atoms with Crippen LogP contribution in [0.5, 0.6) is 5.75 Å². The summed E-state index contributed by atoms with van der Waals surface area (Å²) in [6.45, 7) is 2.63. The van der Waals surface area contributed by atoms with Crippen molar-refractivity contribution in [2.45, 2.75) is 18.6 Å². The van der Waals surface area contributed by atoms with Crippen LogP contribution in [0.15, 0.2) is 41.9 Å². The van der Waals surface area contributed by atoms with Crippen LogP contribution >= 0.6 is 23.4 Å². The fourth-order valence-corrected chi connectivity index (χ4v) is 3.42. The fourth-order valence-electron chi connectivity index (χ4n) is 2.36. The zero-order valence-corrected chi connectivity index (χ0v) is 16.3. The lowest BCUT2D eigenvalue weighted by Gasteiger charge is -2.09. The molecule has 8 nitrogen and oxygen atoms in total. The molecule has 0 spiro atoms. The SMILES string of the molecule is CCn1c(SCC(=O)Nc2ccc(OC)c(Cl)c2)nnc1-c1cnccn1. The molecule has 10 heteroatoms. The number of methoxy groups -OCH3 is 1. The third kappa shape index (κ3) is 4.55. The number of hydrogen-bond donors (Lipinski definition) is 1. The summed E-state index contributed by atoms with van der Waals surface area (Å²) in [6, 6.07) is 5.07. The number of amides is 1. The van der Waals surface area contributed by atoms with Gasteiger partial charge in [-0.25, -0.2) is 4.98 Å². The van der Waals surface area contributed by atoms with Crippen molar-refractivity contribution in [1.82, 2.24) is 24.7 Å². The number of nitrogens with zero attached hydrogens (tertiary/aromatic N) is 5. The average Bonchev–Trinajstić information content (AvgIpc) is 3.10. The lowest BCUT2D eigenvalue weighted by Crippen LogP contribution is -2.14. The topological polar surface area (TPSA) is 94.8 Å².